The molecule has 2 aromatic heterocycles. The number of nitriles is 1. The molecule has 5 rings (SSSR count). The monoisotopic (exact) mass is 1680 g/mol. The molecule has 0 bridgehead atoms. The number of rotatable bonds is 56. The van der Waals surface area contributed by atoms with E-state index in [1.807, 2.05) is 69.2 Å². The number of anilines is 2. The van der Waals surface area contributed by atoms with Gasteiger partial charge in [-0.25, -0.2) is 14.5 Å². The quantitative estimate of drug-likeness (QED) is 0.00606. The summed E-state index contributed by atoms with van der Waals surface area (Å²) in [7, 11) is 0. The van der Waals surface area contributed by atoms with Crippen molar-refractivity contribution < 1.29 is 150 Å². The number of hydrogen-bond acceptors (Lipinski definition) is 28. The van der Waals surface area contributed by atoms with Crippen LogP contribution in [0.4, 0.5) is 49.1 Å². The Kier molecular flexibility index (Phi) is 72.1. The molecule has 1 atom stereocenters. The summed E-state index contributed by atoms with van der Waals surface area (Å²) in [6.45, 7) is 43.4. The van der Waals surface area contributed by atoms with Crippen molar-refractivity contribution in [2.75, 3.05) is 142 Å². The zero-order valence-corrected chi connectivity index (χ0v) is 75.3. The maximum atomic E-state index is 12.1. The van der Waals surface area contributed by atoms with Crippen LogP contribution in [-0.4, -0.2) is 178 Å². The van der Waals surface area contributed by atoms with E-state index in [0.29, 0.717) is 152 Å². The SMILES string of the molecule is CCCCC/C=C/CC1CC(=O)OC1=O.O=C=O.O=C=O.[C-]#[N+]c1c(N=Nc2ccc(N(CCOCCOCCOC(=O)C[CH-]C/C=C/CCCCC)CCOCCOC(=O)C[CH-]C/C=C/CCCCC)cc2C)sc(C#N)c1C.[C-]#[N+]c1sc(N=Nc2ccc(N(CCOCCO)CCOCCOCCO)cc2C)c([N+]#[C-])c1C.[Na+].[Na+]. The van der Waals surface area contributed by atoms with Gasteiger partial charge in [-0.3, -0.25) is 19.2 Å². The summed E-state index contributed by atoms with van der Waals surface area (Å²) >= 11 is 2.33. The number of ether oxygens (including phenoxy) is 9. The van der Waals surface area contributed by atoms with Gasteiger partial charge in [0.1, 0.15) is 29.3 Å². The molecule has 0 saturated carbocycles. The second-order valence-corrected chi connectivity index (χ2v) is 27.2. The van der Waals surface area contributed by atoms with Gasteiger partial charge in [0.2, 0.25) is 16.4 Å². The number of esters is 4. The Morgan fingerprint density at radius 2 is 0.932 bits per heavy atom. The van der Waals surface area contributed by atoms with Crippen LogP contribution in [0, 0.1) is 77.5 Å². The van der Waals surface area contributed by atoms with Gasteiger partial charge < -0.3 is 75.5 Å². The van der Waals surface area contributed by atoms with Gasteiger partial charge in [-0.2, -0.15) is 57.7 Å². The summed E-state index contributed by atoms with van der Waals surface area (Å²) in [5.41, 5.74) is 7.01. The van der Waals surface area contributed by atoms with Gasteiger partial charge in [0.25, 0.3) is 11.9 Å². The molecule has 0 aliphatic carbocycles. The minimum atomic E-state index is -0.385. The number of carbonyl (C=O) groups excluding carboxylic acids is 8. The number of benzene rings is 2. The van der Waals surface area contributed by atoms with Gasteiger partial charge >= 0.3 is 83.4 Å². The third-order valence-electron chi connectivity index (χ3n) is 16.4. The van der Waals surface area contributed by atoms with E-state index >= 15 is 0 Å². The van der Waals surface area contributed by atoms with Gasteiger partial charge in [-0.05, 0) is 124 Å². The average Bonchev–Trinajstić information content (AvgIpc) is 1.70. The first-order valence-electron chi connectivity index (χ1n) is 38.6. The van der Waals surface area contributed by atoms with E-state index in [0.717, 1.165) is 65.9 Å². The van der Waals surface area contributed by atoms with Gasteiger partial charge in [0, 0.05) is 37.6 Å². The molecule has 2 N–H and O–H groups in total. The number of nitrogens with zero attached hydrogens (tertiary/aromatic N) is 10. The van der Waals surface area contributed by atoms with Crippen LogP contribution in [0.25, 0.3) is 14.5 Å². The Labute approximate surface area is 743 Å². The van der Waals surface area contributed by atoms with E-state index in [2.05, 4.69) is 107 Å². The van der Waals surface area contributed by atoms with Crippen molar-refractivity contribution in [1.29, 1.82) is 5.26 Å². The van der Waals surface area contributed by atoms with Crippen molar-refractivity contribution in [1.82, 2.24) is 0 Å². The van der Waals surface area contributed by atoms with E-state index in [9.17, 15) is 24.4 Å². The normalized spacial score (nSPS) is 11.9. The number of aliphatic hydroxyl groups excluding tert-OH is 2. The van der Waals surface area contributed by atoms with E-state index < -0.39 is 0 Å². The number of aryl methyl sites for hydroxylation is 2. The van der Waals surface area contributed by atoms with Crippen LogP contribution >= 0.6 is 22.7 Å². The van der Waals surface area contributed by atoms with Crippen molar-refractivity contribution in [3.8, 4) is 6.07 Å². The first-order chi connectivity index (χ1) is 56.0. The van der Waals surface area contributed by atoms with Gasteiger partial charge in [-0.1, -0.05) is 103 Å². The van der Waals surface area contributed by atoms with Crippen molar-refractivity contribution in [3.05, 3.63) is 147 Å². The smallest absolute Gasteiger partial charge is 0.465 e. The third kappa shape index (κ3) is 52.8. The molecule has 628 valence electrons. The van der Waals surface area contributed by atoms with Crippen molar-refractivity contribution in [2.45, 2.75) is 164 Å². The largest absolute Gasteiger partial charge is 1.00 e. The molecular weight excluding hydrogens is 1560 g/mol. The average molecular weight is 1680 g/mol. The van der Waals surface area contributed by atoms with E-state index in [4.69, 9.17) is 87.0 Å². The topological polar surface area (TPSA) is 353 Å². The molecule has 1 fully saturated rings. The zero-order chi connectivity index (χ0) is 84.7. The molecule has 2 aromatic carbocycles. The van der Waals surface area contributed by atoms with E-state index in [1.165, 1.54) is 69.1 Å². The summed E-state index contributed by atoms with van der Waals surface area (Å²) in [5, 5.41) is 45.7. The number of carbonyl (C=O) groups is 4. The number of cyclic esters (lactones) is 2. The predicted molar refractivity (Wildman–Crippen MR) is 439 cm³/mol. The molecule has 29 nitrogen and oxygen atoms in total. The first-order valence-corrected chi connectivity index (χ1v) is 40.2. The fraction of sp³-hybridized carbons (Fsp3) is 0.548. The number of azo groups is 2. The Bertz CT molecular complexity index is 3820. The number of thiophene rings is 2. The molecule has 4 aromatic rings. The predicted octanol–water partition coefficient (Wildman–Crippen LogP) is 11.6. The second kappa shape index (κ2) is 75.8. The Hall–Kier alpha value is -7.66. The summed E-state index contributed by atoms with van der Waals surface area (Å²) in [6.07, 6.45) is 34.1. The summed E-state index contributed by atoms with van der Waals surface area (Å²) in [4.78, 5) is 93.7. The molecule has 1 aliphatic heterocycles. The molecule has 0 radical (unpaired) electrons. The fourth-order valence-corrected chi connectivity index (χ4v) is 12.0. The number of unbranched alkanes of at least 4 members (excludes halogenated alkanes) is 11. The molecule has 1 unspecified atom stereocenters. The van der Waals surface area contributed by atoms with Crippen LogP contribution < -0.4 is 68.9 Å². The maximum absolute atomic E-state index is 12.1. The molecule has 117 heavy (non-hydrogen) atoms. The van der Waals surface area contributed by atoms with Crippen molar-refractivity contribution in [3.63, 3.8) is 0 Å². The molecular formula is C84H114N10Na2O19S2. The number of aliphatic hydroxyl groups is 2. The van der Waals surface area contributed by atoms with Crippen LogP contribution in [0.15, 0.2) is 93.3 Å². The minimum absolute atomic E-state index is 0. The van der Waals surface area contributed by atoms with Gasteiger partial charge in [0.15, 0.2) is 0 Å². The van der Waals surface area contributed by atoms with Gasteiger partial charge in [-0.15, -0.1) is 34.8 Å². The molecule has 1 aliphatic rings. The molecule has 0 spiro atoms. The van der Waals surface area contributed by atoms with E-state index in [1.54, 1.807) is 13.8 Å². The van der Waals surface area contributed by atoms with Crippen molar-refractivity contribution >= 4 is 108 Å². The maximum Gasteiger partial charge on any atom is 1.00 e. The molecule has 3 heterocycles. The summed E-state index contributed by atoms with van der Waals surface area (Å²) in [6, 6.07) is 13.8. The third-order valence-corrected chi connectivity index (χ3v) is 18.6. The summed E-state index contributed by atoms with van der Waals surface area (Å²) in [5.74, 6) is -1.50. The van der Waals surface area contributed by atoms with E-state index in [-0.39, 0.29) is 160 Å². The molecule has 33 heteroatoms. The molecule has 0 amide bonds. The first kappa shape index (κ1) is 111. The van der Waals surface area contributed by atoms with Gasteiger partial charge in [0.05, 0.1) is 141 Å². The Morgan fingerprint density at radius 3 is 1.31 bits per heavy atom. The Balaban J connectivity index is 0. The fourth-order valence-electron chi connectivity index (χ4n) is 10.3. The second-order valence-electron chi connectivity index (χ2n) is 25.2. The summed E-state index contributed by atoms with van der Waals surface area (Å²) < 4.78 is 48.6. The Morgan fingerprint density at radius 1 is 0.547 bits per heavy atom. The standard InChI is InChI=1S/C46H65N5O7S.C24H31N5O5S.C12H18O3.2CO2.2Na/c1-6-8-10-12-14-16-18-20-22-43(52)57-34-32-55-29-27-51(26-28-54-30-31-56-33-35-58-44(53)23-21-19-17-15-13-11-9-7-2)40-24-25-41(38(3)36-40)49-50-46-45(48-5)39(4)42(37-47)59-46;1-18-17-20(29(7-11-32-13-9-30)8-12-33-15-16-34-14-10-31)5-6-21(18)27-28-24-22(25-3)19(2)23(26-4)35-24;1-2-3-4-5-6-7-8-10-9-11(13)15-12(10)14;2*2-1-3;;/h14-17,20-21,24-25,36H,6-13,18-19,22-23,26-35H2,1-4H3;5-6,17,30-31H,7-16H2,1-2H3;6-7,10H,2-5,8-9H2,1H3;;;;/q-2;;;;;2*+1/b16-14+,17-15+,50-49?;;7-6+;;;;. The minimum Gasteiger partial charge on any atom is -0.465 e. The number of hydrogen-bond donors (Lipinski definition) is 2. The van der Waals surface area contributed by atoms with Crippen LogP contribution in [0.3, 0.4) is 0 Å². The van der Waals surface area contributed by atoms with Crippen LogP contribution in [0.2, 0.25) is 0 Å². The van der Waals surface area contributed by atoms with Crippen LogP contribution in [0.5, 0.6) is 0 Å². The number of allylic oxidation sites excluding steroid dienone is 6. The molecule has 1 saturated heterocycles. The van der Waals surface area contributed by atoms with Crippen LogP contribution in [-0.2, 0) is 81.0 Å². The van der Waals surface area contributed by atoms with Crippen LogP contribution in [0.1, 0.15) is 163 Å². The zero-order valence-electron chi connectivity index (χ0n) is 69.7. The van der Waals surface area contributed by atoms with Crippen molar-refractivity contribution in [2.24, 2.45) is 26.4 Å².